The lowest BCUT2D eigenvalue weighted by molar-refractivity contribution is -0.117. The molecule has 2 aromatic heterocycles. The molecule has 1 amide bonds. The van der Waals surface area contributed by atoms with Crippen LogP contribution in [0.2, 0.25) is 5.02 Å². The number of aryl methyl sites for hydroxylation is 1. The quantitative estimate of drug-likeness (QED) is 0.600. The Labute approximate surface area is 180 Å². The van der Waals surface area contributed by atoms with Gasteiger partial charge in [0, 0.05) is 17.1 Å². The highest BCUT2D eigenvalue weighted by Crippen LogP contribution is 2.25. The minimum absolute atomic E-state index is 0.0534. The van der Waals surface area contributed by atoms with Crippen molar-refractivity contribution in [3.63, 3.8) is 0 Å². The van der Waals surface area contributed by atoms with Crippen LogP contribution < -0.4 is 5.32 Å². The van der Waals surface area contributed by atoms with Crippen LogP contribution in [0.1, 0.15) is 49.1 Å². The summed E-state index contributed by atoms with van der Waals surface area (Å²) < 4.78 is 6.65. The maximum absolute atomic E-state index is 12.2. The third-order valence-electron chi connectivity index (χ3n) is 4.53. The van der Waals surface area contributed by atoms with Crippen molar-refractivity contribution in [1.29, 1.82) is 0 Å². The van der Waals surface area contributed by atoms with Gasteiger partial charge in [-0.05, 0) is 42.2 Å². The van der Waals surface area contributed by atoms with Gasteiger partial charge in [0.25, 0.3) is 0 Å². The fourth-order valence-electron chi connectivity index (χ4n) is 3.13. The molecule has 3 aromatic rings. The van der Waals surface area contributed by atoms with Crippen molar-refractivity contribution in [2.24, 2.45) is 5.41 Å². The molecular weight excluding hydrogens is 404 g/mol. The number of amides is 1. The predicted octanol–water partition coefficient (Wildman–Crippen LogP) is 4.60. The number of rotatable bonds is 5. The number of methoxy groups -OCH3 is 1. The molecule has 0 aliphatic carbocycles. The number of carbonyl (C=O) groups excluding carboxylic acids is 2. The third kappa shape index (κ3) is 4.97. The standard InChI is InChI=1S/C22H25ClN4O3/c1-13-24-17-8-9-18(21(29)30-5)26-20(17)27(13)12-14-6-7-15(10-16(14)23)25-19(28)11-22(2,3)4/h6-10H,11-12H2,1-5H3,(H,25,28). The van der Waals surface area contributed by atoms with Gasteiger partial charge >= 0.3 is 5.97 Å². The first-order chi connectivity index (χ1) is 14.1. The molecular formula is C22H25ClN4O3. The van der Waals surface area contributed by atoms with E-state index in [1.54, 1.807) is 18.2 Å². The number of carbonyl (C=O) groups is 2. The predicted molar refractivity (Wildman–Crippen MR) is 117 cm³/mol. The third-order valence-corrected chi connectivity index (χ3v) is 4.89. The van der Waals surface area contributed by atoms with E-state index in [0.29, 0.717) is 34.8 Å². The van der Waals surface area contributed by atoms with Crippen LogP contribution in [0.5, 0.6) is 0 Å². The molecule has 1 N–H and O–H groups in total. The summed E-state index contributed by atoms with van der Waals surface area (Å²) in [5.74, 6) is 0.191. The molecule has 0 atom stereocenters. The summed E-state index contributed by atoms with van der Waals surface area (Å²) >= 11 is 6.49. The normalized spacial score (nSPS) is 11.5. The van der Waals surface area contributed by atoms with E-state index in [1.807, 2.05) is 44.4 Å². The molecule has 30 heavy (non-hydrogen) atoms. The second-order valence-electron chi connectivity index (χ2n) is 8.37. The molecule has 0 bridgehead atoms. The van der Waals surface area contributed by atoms with E-state index in [9.17, 15) is 9.59 Å². The molecule has 0 saturated heterocycles. The van der Waals surface area contributed by atoms with Crippen LogP contribution in [-0.2, 0) is 16.1 Å². The molecule has 0 saturated carbocycles. The van der Waals surface area contributed by atoms with Gasteiger partial charge in [0.2, 0.25) is 5.91 Å². The first-order valence-corrected chi connectivity index (χ1v) is 9.95. The molecule has 8 heteroatoms. The number of hydrogen-bond donors (Lipinski definition) is 1. The van der Waals surface area contributed by atoms with E-state index in [0.717, 1.165) is 11.4 Å². The number of ether oxygens (including phenoxy) is 1. The number of pyridine rings is 1. The average Bonchev–Trinajstić information content (AvgIpc) is 2.96. The zero-order chi connectivity index (χ0) is 22.1. The van der Waals surface area contributed by atoms with E-state index >= 15 is 0 Å². The maximum atomic E-state index is 12.2. The monoisotopic (exact) mass is 428 g/mol. The maximum Gasteiger partial charge on any atom is 0.356 e. The summed E-state index contributed by atoms with van der Waals surface area (Å²) in [7, 11) is 1.32. The Morgan fingerprint density at radius 2 is 1.90 bits per heavy atom. The van der Waals surface area contributed by atoms with Crippen molar-refractivity contribution in [3.05, 3.63) is 52.4 Å². The first kappa shape index (κ1) is 21.8. The number of hydrogen-bond acceptors (Lipinski definition) is 5. The van der Waals surface area contributed by atoms with Gasteiger partial charge in [0.1, 0.15) is 11.3 Å². The molecule has 0 aliphatic heterocycles. The van der Waals surface area contributed by atoms with E-state index in [-0.39, 0.29) is 17.0 Å². The number of aromatic nitrogens is 3. The molecule has 7 nitrogen and oxygen atoms in total. The van der Waals surface area contributed by atoms with Gasteiger partial charge in [-0.15, -0.1) is 0 Å². The Kier molecular flexibility index (Phi) is 6.12. The Morgan fingerprint density at radius 1 is 1.17 bits per heavy atom. The number of benzene rings is 1. The number of fused-ring (bicyclic) bond motifs is 1. The lowest BCUT2D eigenvalue weighted by atomic mass is 9.92. The molecule has 2 heterocycles. The molecule has 0 aliphatic rings. The average molecular weight is 429 g/mol. The molecule has 0 spiro atoms. The summed E-state index contributed by atoms with van der Waals surface area (Å²) in [5.41, 5.74) is 2.88. The smallest absolute Gasteiger partial charge is 0.356 e. The summed E-state index contributed by atoms with van der Waals surface area (Å²) in [5, 5.41) is 3.41. The molecule has 0 fully saturated rings. The van der Waals surface area contributed by atoms with Crippen LogP contribution in [0.15, 0.2) is 30.3 Å². The van der Waals surface area contributed by atoms with Crippen LogP contribution in [0.25, 0.3) is 11.2 Å². The Hall–Kier alpha value is -2.93. The van der Waals surface area contributed by atoms with Crippen LogP contribution in [0.3, 0.4) is 0 Å². The second-order valence-corrected chi connectivity index (χ2v) is 8.77. The molecule has 1 aromatic carbocycles. The zero-order valence-corrected chi connectivity index (χ0v) is 18.5. The van der Waals surface area contributed by atoms with E-state index in [1.165, 1.54) is 7.11 Å². The van der Waals surface area contributed by atoms with Gasteiger partial charge in [0.05, 0.1) is 13.7 Å². The number of nitrogens with one attached hydrogen (secondary N) is 1. The van der Waals surface area contributed by atoms with Gasteiger partial charge in [0.15, 0.2) is 11.3 Å². The summed E-state index contributed by atoms with van der Waals surface area (Å²) in [4.78, 5) is 32.9. The van der Waals surface area contributed by atoms with Gasteiger partial charge in [-0.2, -0.15) is 0 Å². The fourth-order valence-corrected chi connectivity index (χ4v) is 3.37. The van der Waals surface area contributed by atoms with Gasteiger partial charge in [-0.25, -0.2) is 14.8 Å². The number of esters is 1. The Bertz CT molecular complexity index is 1120. The lowest BCUT2D eigenvalue weighted by Crippen LogP contribution is -2.19. The van der Waals surface area contributed by atoms with Crippen LogP contribution in [-0.4, -0.2) is 33.5 Å². The number of imidazole rings is 1. The molecule has 0 radical (unpaired) electrons. The lowest BCUT2D eigenvalue weighted by Gasteiger charge is -2.17. The summed E-state index contributed by atoms with van der Waals surface area (Å²) in [6.45, 7) is 8.34. The van der Waals surface area contributed by atoms with E-state index in [4.69, 9.17) is 16.3 Å². The van der Waals surface area contributed by atoms with E-state index < -0.39 is 5.97 Å². The van der Waals surface area contributed by atoms with Crippen molar-refractivity contribution >= 4 is 40.3 Å². The second kappa shape index (κ2) is 8.44. The molecule has 3 rings (SSSR count). The topological polar surface area (TPSA) is 86.1 Å². The molecule has 158 valence electrons. The largest absolute Gasteiger partial charge is 0.464 e. The van der Waals surface area contributed by atoms with Crippen molar-refractivity contribution in [3.8, 4) is 0 Å². The van der Waals surface area contributed by atoms with Crippen molar-refractivity contribution in [1.82, 2.24) is 14.5 Å². The Balaban J connectivity index is 1.86. The van der Waals surface area contributed by atoms with Crippen LogP contribution in [0.4, 0.5) is 5.69 Å². The SMILES string of the molecule is COC(=O)c1ccc2nc(C)n(Cc3ccc(NC(=O)CC(C)(C)C)cc3Cl)c2n1. The van der Waals surface area contributed by atoms with E-state index in [2.05, 4.69) is 15.3 Å². The fraction of sp³-hybridized carbons (Fsp3) is 0.364. The van der Waals surface area contributed by atoms with Crippen LogP contribution >= 0.6 is 11.6 Å². The van der Waals surface area contributed by atoms with Crippen molar-refractivity contribution in [2.75, 3.05) is 12.4 Å². The van der Waals surface area contributed by atoms with Crippen molar-refractivity contribution < 1.29 is 14.3 Å². The Morgan fingerprint density at radius 3 is 2.53 bits per heavy atom. The summed E-state index contributed by atoms with van der Waals surface area (Å²) in [6.07, 6.45) is 0.417. The number of nitrogens with zero attached hydrogens (tertiary/aromatic N) is 3. The number of halogens is 1. The van der Waals surface area contributed by atoms with Gasteiger partial charge in [-0.3, -0.25) is 4.79 Å². The molecule has 0 unspecified atom stereocenters. The minimum atomic E-state index is -0.504. The van der Waals surface area contributed by atoms with Crippen molar-refractivity contribution in [2.45, 2.75) is 40.7 Å². The summed E-state index contributed by atoms with van der Waals surface area (Å²) in [6, 6.07) is 8.76. The highest BCUT2D eigenvalue weighted by atomic mass is 35.5. The minimum Gasteiger partial charge on any atom is -0.464 e. The number of anilines is 1. The van der Waals surface area contributed by atoms with Gasteiger partial charge in [-0.1, -0.05) is 38.4 Å². The highest BCUT2D eigenvalue weighted by molar-refractivity contribution is 6.31. The van der Waals surface area contributed by atoms with Crippen LogP contribution in [0, 0.1) is 12.3 Å². The van der Waals surface area contributed by atoms with Gasteiger partial charge < -0.3 is 14.6 Å². The first-order valence-electron chi connectivity index (χ1n) is 9.58. The zero-order valence-electron chi connectivity index (χ0n) is 17.7. The highest BCUT2D eigenvalue weighted by Gasteiger charge is 2.17.